The van der Waals surface area contributed by atoms with Gasteiger partial charge in [0, 0.05) is 30.3 Å². The summed E-state index contributed by atoms with van der Waals surface area (Å²) in [6.07, 6.45) is -0.774. The second-order valence-corrected chi connectivity index (χ2v) is 6.87. The van der Waals surface area contributed by atoms with Crippen molar-refractivity contribution in [1.82, 2.24) is 10.1 Å². The molecule has 1 amide bonds. The van der Waals surface area contributed by atoms with E-state index in [4.69, 9.17) is 14.0 Å². The fourth-order valence-corrected chi connectivity index (χ4v) is 3.27. The molecule has 2 aromatic rings. The van der Waals surface area contributed by atoms with E-state index in [1.165, 1.54) is 0 Å². The van der Waals surface area contributed by atoms with Gasteiger partial charge in [0.15, 0.2) is 0 Å². The number of carbonyl (C=O) groups is 1. The second-order valence-electron chi connectivity index (χ2n) is 6.87. The Morgan fingerprint density at radius 3 is 2.70 bits per heavy atom. The number of methoxy groups -OCH3 is 2. The number of nitrogens with one attached hydrogen (secondary N) is 1. The van der Waals surface area contributed by atoms with E-state index in [0.29, 0.717) is 36.0 Å². The molecule has 0 bridgehead atoms. The zero-order valence-electron chi connectivity index (χ0n) is 16.0. The molecule has 1 aromatic heterocycles. The lowest BCUT2D eigenvalue weighted by atomic mass is 9.95. The number of β-amino-alcohol motifs (C(OH)–C–C–N with tert-alkyl or cyclic N) is 1. The molecular formula is C19H25N3O5. The fourth-order valence-electron chi connectivity index (χ4n) is 3.27. The number of hydrogen-bond donors (Lipinski definition) is 2. The van der Waals surface area contributed by atoms with Gasteiger partial charge in [-0.3, -0.25) is 15.0 Å². The van der Waals surface area contributed by atoms with Gasteiger partial charge >= 0.3 is 0 Å². The number of carbonyl (C=O) groups excluding carboxylic acids is 1. The number of benzene rings is 1. The molecule has 2 heterocycles. The molecular weight excluding hydrogens is 350 g/mol. The van der Waals surface area contributed by atoms with Crippen molar-refractivity contribution in [3.05, 3.63) is 35.0 Å². The van der Waals surface area contributed by atoms with Crippen LogP contribution in [0, 0.1) is 0 Å². The van der Waals surface area contributed by atoms with Crippen LogP contribution in [0.3, 0.4) is 0 Å². The summed E-state index contributed by atoms with van der Waals surface area (Å²) in [6.45, 7) is 4.88. The predicted octanol–water partition coefficient (Wildman–Crippen LogP) is 2.30. The van der Waals surface area contributed by atoms with Gasteiger partial charge in [0.25, 0.3) is 0 Å². The topological polar surface area (TPSA) is 97.1 Å². The van der Waals surface area contributed by atoms with E-state index in [-0.39, 0.29) is 18.4 Å². The molecule has 8 heteroatoms. The third-order valence-corrected chi connectivity index (χ3v) is 4.61. The molecule has 0 fully saturated rings. The van der Waals surface area contributed by atoms with Crippen molar-refractivity contribution >= 4 is 11.8 Å². The van der Waals surface area contributed by atoms with Crippen LogP contribution in [-0.4, -0.2) is 48.4 Å². The van der Waals surface area contributed by atoms with Crippen molar-refractivity contribution in [1.29, 1.82) is 0 Å². The summed E-state index contributed by atoms with van der Waals surface area (Å²) in [6, 6.07) is 5.30. The lowest BCUT2D eigenvalue weighted by Gasteiger charge is -2.33. The summed E-state index contributed by atoms with van der Waals surface area (Å²) < 4.78 is 15.9. The SMILES string of the molecule is COc1ccc(OC)c2c1CN(CC(=O)Nc1cc(C(C)C)no1)C[C@H]2O. The third-order valence-electron chi connectivity index (χ3n) is 4.61. The molecule has 1 atom stereocenters. The van der Waals surface area contributed by atoms with E-state index < -0.39 is 6.10 Å². The summed E-state index contributed by atoms with van der Waals surface area (Å²) in [7, 11) is 3.15. The van der Waals surface area contributed by atoms with Gasteiger partial charge in [-0.25, -0.2) is 0 Å². The zero-order valence-corrected chi connectivity index (χ0v) is 16.0. The number of aromatic nitrogens is 1. The zero-order chi connectivity index (χ0) is 19.6. The Kier molecular flexibility index (Phi) is 5.67. The van der Waals surface area contributed by atoms with Gasteiger partial charge in [0.1, 0.15) is 11.5 Å². The van der Waals surface area contributed by atoms with Crippen LogP contribution in [0.4, 0.5) is 5.88 Å². The van der Waals surface area contributed by atoms with Crippen LogP contribution in [0.5, 0.6) is 11.5 Å². The molecule has 1 aliphatic rings. The minimum atomic E-state index is -0.774. The van der Waals surface area contributed by atoms with E-state index in [2.05, 4.69) is 10.5 Å². The average molecular weight is 375 g/mol. The Bertz CT molecular complexity index is 818. The number of aliphatic hydroxyl groups excluding tert-OH is 1. The van der Waals surface area contributed by atoms with Crippen molar-refractivity contribution < 1.29 is 23.9 Å². The summed E-state index contributed by atoms with van der Waals surface area (Å²) >= 11 is 0. The maximum absolute atomic E-state index is 12.4. The number of rotatable bonds is 6. The summed E-state index contributed by atoms with van der Waals surface area (Å²) in [5, 5.41) is 17.2. The molecule has 0 unspecified atom stereocenters. The minimum absolute atomic E-state index is 0.106. The first kappa shape index (κ1) is 19.2. The van der Waals surface area contributed by atoms with Crippen molar-refractivity contribution in [2.75, 3.05) is 32.6 Å². The normalized spacial score (nSPS) is 16.9. The Morgan fingerprint density at radius 2 is 2.07 bits per heavy atom. The van der Waals surface area contributed by atoms with Crippen LogP contribution in [0.15, 0.2) is 22.7 Å². The molecule has 3 rings (SSSR count). The maximum atomic E-state index is 12.4. The number of hydrogen-bond acceptors (Lipinski definition) is 7. The van der Waals surface area contributed by atoms with Gasteiger partial charge < -0.3 is 19.1 Å². The Balaban J connectivity index is 1.71. The van der Waals surface area contributed by atoms with Crippen molar-refractivity contribution in [3.63, 3.8) is 0 Å². The average Bonchev–Trinajstić information content (AvgIpc) is 3.09. The van der Waals surface area contributed by atoms with Crippen LogP contribution in [0.2, 0.25) is 0 Å². The summed E-state index contributed by atoms with van der Waals surface area (Å²) in [4.78, 5) is 14.2. The number of nitrogens with zero attached hydrogens (tertiary/aromatic N) is 2. The van der Waals surface area contributed by atoms with E-state index >= 15 is 0 Å². The standard InChI is InChI=1S/C19H25N3O5/c1-11(2)13-7-18(27-21-13)20-17(24)10-22-8-12-15(25-3)5-6-16(26-4)19(12)14(23)9-22/h5-7,11,14,23H,8-10H2,1-4H3,(H,20,24)/t14-/m1/s1. The number of fused-ring (bicyclic) bond motifs is 1. The third kappa shape index (κ3) is 4.06. The van der Waals surface area contributed by atoms with E-state index in [0.717, 1.165) is 11.3 Å². The monoisotopic (exact) mass is 375 g/mol. The number of anilines is 1. The number of ether oxygens (including phenoxy) is 2. The Labute approximate surface area is 158 Å². The highest BCUT2D eigenvalue weighted by Gasteiger charge is 2.30. The molecule has 1 aliphatic heterocycles. The minimum Gasteiger partial charge on any atom is -0.496 e. The van der Waals surface area contributed by atoms with Gasteiger partial charge in [0.2, 0.25) is 11.8 Å². The molecule has 27 heavy (non-hydrogen) atoms. The van der Waals surface area contributed by atoms with Crippen LogP contribution in [0.25, 0.3) is 0 Å². The highest BCUT2D eigenvalue weighted by atomic mass is 16.5. The van der Waals surface area contributed by atoms with Crippen LogP contribution in [-0.2, 0) is 11.3 Å². The molecule has 0 radical (unpaired) electrons. The molecule has 0 aliphatic carbocycles. The van der Waals surface area contributed by atoms with Crippen LogP contribution in [0.1, 0.15) is 42.7 Å². The number of amides is 1. The van der Waals surface area contributed by atoms with Gasteiger partial charge in [-0.1, -0.05) is 19.0 Å². The first-order valence-electron chi connectivity index (χ1n) is 8.83. The van der Waals surface area contributed by atoms with E-state index in [1.54, 1.807) is 32.4 Å². The number of aliphatic hydroxyl groups is 1. The van der Waals surface area contributed by atoms with Crippen LogP contribution >= 0.6 is 0 Å². The largest absolute Gasteiger partial charge is 0.496 e. The molecule has 0 saturated heterocycles. The van der Waals surface area contributed by atoms with Gasteiger partial charge in [-0.2, -0.15) is 0 Å². The lowest BCUT2D eigenvalue weighted by Crippen LogP contribution is -2.39. The first-order valence-corrected chi connectivity index (χ1v) is 8.83. The quantitative estimate of drug-likeness (QED) is 0.799. The first-order chi connectivity index (χ1) is 12.9. The maximum Gasteiger partial charge on any atom is 0.240 e. The Morgan fingerprint density at radius 1 is 1.37 bits per heavy atom. The highest BCUT2D eigenvalue weighted by Crippen LogP contribution is 2.39. The summed E-state index contributed by atoms with van der Waals surface area (Å²) in [5.41, 5.74) is 2.32. The Hall–Kier alpha value is -2.58. The highest BCUT2D eigenvalue weighted by molar-refractivity contribution is 5.91. The van der Waals surface area contributed by atoms with E-state index in [1.807, 2.05) is 18.7 Å². The molecule has 146 valence electrons. The lowest BCUT2D eigenvalue weighted by molar-refractivity contribution is -0.118. The van der Waals surface area contributed by atoms with Gasteiger partial charge in [0.05, 0.1) is 32.6 Å². The predicted molar refractivity (Wildman–Crippen MR) is 99.0 cm³/mol. The molecule has 0 spiro atoms. The molecule has 2 N–H and O–H groups in total. The van der Waals surface area contributed by atoms with E-state index in [9.17, 15) is 9.90 Å². The van der Waals surface area contributed by atoms with Gasteiger partial charge in [-0.15, -0.1) is 0 Å². The van der Waals surface area contributed by atoms with Crippen molar-refractivity contribution in [2.45, 2.75) is 32.4 Å². The van der Waals surface area contributed by atoms with Crippen molar-refractivity contribution in [3.8, 4) is 11.5 Å². The van der Waals surface area contributed by atoms with Crippen molar-refractivity contribution in [2.24, 2.45) is 0 Å². The molecule has 1 aromatic carbocycles. The molecule has 8 nitrogen and oxygen atoms in total. The van der Waals surface area contributed by atoms with Crippen LogP contribution < -0.4 is 14.8 Å². The smallest absolute Gasteiger partial charge is 0.240 e. The summed E-state index contributed by atoms with van der Waals surface area (Å²) in [5.74, 6) is 1.58. The second kappa shape index (κ2) is 7.98. The fraction of sp³-hybridized carbons (Fsp3) is 0.474. The molecule has 0 saturated carbocycles. The van der Waals surface area contributed by atoms with Gasteiger partial charge in [-0.05, 0) is 18.1 Å².